The van der Waals surface area contributed by atoms with Gasteiger partial charge >= 0.3 is 0 Å². The third kappa shape index (κ3) is 25.9. The molecule has 0 radical (unpaired) electrons. The Morgan fingerprint density at radius 3 is 1.07 bits per heavy atom. The fourth-order valence-electron chi connectivity index (χ4n) is 3.02. The minimum atomic E-state index is -3.57. The highest BCUT2D eigenvalue weighted by Gasteiger charge is 2.24. The van der Waals surface area contributed by atoms with Gasteiger partial charge in [-0.1, -0.05) is 0 Å². The molecule has 0 aromatic heterocycles. The Morgan fingerprint density at radius 1 is 0.537 bits per heavy atom. The van der Waals surface area contributed by atoms with E-state index in [4.69, 9.17) is 0 Å². The fourth-order valence-corrected chi connectivity index (χ4v) is 4.64. The van der Waals surface area contributed by atoms with Crippen LogP contribution in [-0.2, 0) is 66.8 Å². The average Bonchev–Trinajstić information content (AvgIpc) is 2.80. The second-order valence-corrected chi connectivity index (χ2v) is 15.4. The van der Waals surface area contributed by atoms with E-state index in [-0.39, 0.29) is 51.1 Å². The number of nitrogens with zero attached hydrogens (tertiary/aromatic N) is 2. The van der Waals surface area contributed by atoms with E-state index in [1.54, 1.807) is 0 Å². The summed E-state index contributed by atoms with van der Waals surface area (Å²) in [4.78, 5) is 26.9. The van der Waals surface area contributed by atoms with Gasteiger partial charge in [-0.15, -0.1) is 0 Å². The smallest absolute Gasteiger partial charge is 0.264 e. The number of nitrogens with one attached hydrogen (secondary N) is 1. The highest BCUT2D eigenvalue weighted by molar-refractivity contribution is 7.86. The van der Waals surface area contributed by atoms with Crippen molar-refractivity contribution < 1.29 is 60.0 Å². The molecule has 0 unspecified atom stereocenters. The van der Waals surface area contributed by atoms with Gasteiger partial charge in [0.15, 0.2) is 0 Å². The molecule has 1 aliphatic heterocycles. The highest BCUT2D eigenvalue weighted by Crippen LogP contribution is 2.07. The van der Waals surface area contributed by atoms with Crippen LogP contribution in [0.4, 0.5) is 0 Å². The lowest BCUT2D eigenvalue weighted by molar-refractivity contribution is -0.140. The van der Waals surface area contributed by atoms with Crippen molar-refractivity contribution in [1.29, 1.82) is 0 Å². The first-order valence-corrected chi connectivity index (χ1v) is 19.6. The summed E-state index contributed by atoms with van der Waals surface area (Å²) < 4.78 is 104. The summed E-state index contributed by atoms with van der Waals surface area (Å²) in [5.74, 6) is -0.489. The maximum atomic E-state index is 11.9. The van der Waals surface area contributed by atoms with Crippen molar-refractivity contribution >= 4 is 52.3 Å². The highest BCUT2D eigenvalue weighted by atomic mass is 32.2. The number of amides is 2. The van der Waals surface area contributed by atoms with E-state index >= 15 is 0 Å². The third-order valence-electron chi connectivity index (χ3n) is 4.80. The number of rotatable bonds is 18. The largest absolute Gasteiger partial charge is 0.339 e. The van der Waals surface area contributed by atoms with E-state index in [1.807, 2.05) is 0 Å². The van der Waals surface area contributed by atoms with Crippen LogP contribution in [0.1, 0.15) is 25.7 Å². The van der Waals surface area contributed by atoms with Crippen molar-refractivity contribution in [1.82, 2.24) is 15.1 Å². The number of hydrogen-bond donors (Lipinski definition) is 1. The van der Waals surface area contributed by atoms with Gasteiger partial charge < -0.3 is 15.1 Å². The van der Waals surface area contributed by atoms with E-state index in [2.05, 4.69) is 22.0 Å². The van der Waals surface area contributed by atoms with Crippen molar-refractivity contribution in [3.05, 3.63) is 0 Å². The van der Waals surface area contributed by atoms with Crippen LogP contribution >= 0.6 is 0 Å². The topological polar surface area (TPSA) is 226 Å². The predicted octanol–water partition coefficient (Wildman–Crippen LogP) is -2.30. The molecule has 0 aromatic carbocycles. The summed E-state index contributed by atoms with van der Waals surface area (Å²) >= 11 is 0. The summed E-state index contributed by atoms with van der Waals surface area (Å²) in [6.07, 6.45) is 4.86. The molecule has 1 rings (SSSR count). The van der Waals surface area contributed by atoms with Gasteiger partial charge in [-0.05, 0) is 25.9 Å². The van der Waals surface area contributed by atoms with Crippen molar-refractivity contribution in [2.24, 2.45) is 0 Å². The number of hydrogen-bond acceptors (Lipinski definition) is 15. The molecule has 1 aliphatic rings. The van der Waals surface area contributed by atoms with Crippen molar-refractivity contribution in [2.75, 3.05) is 90.7 Å². The average molecular weight is 676 g/mol. The molecule has 1 N–H and O–H groups in total. The molecule has 17 nitrogen and oxygen atoms in total. The molecule has 0 atom stereocenters. The van der Waals surface area contributed by atoms with Crippen LogP contribution in [-0.4, -0.2) is 146 Å². The first-order chi connectivity index (χ1) is 18.7. The van der Waals surface area contributed by atoms with Gasteiger partial charge in [0, 0.05) is 26.2 Å². The lowest BCUT2D eigenvalue weighted by Crippen LogP contribution is -2.50. The standard InChI is InChI=1S/C12H22N2O8S2.C8H19NO6S2/c1-23(17,18)21-9-3-11(15)13-5-7-14(8-6-13)12(16)4-10-22-24(2,19)20;1-16(10,11)14-7-3-5-9-6-4-8-15-17(2,12)13/h3-10H2,1-2H3;9H,3-8H2,1-2H3. The van der Waals surface area contributed by atoms with E-state index < -0.39 is 40.5 Å². The van der Waals surface area contributed by atoms with Crippen molar-refractivity contribution in [2.45, 2.75) is 25.7 Å². The summed E-state index contributed by atoms with van der Waals surface area (Å²) in [6, 6.07) is 0. The number of piperazine rings is 1. The van der Waals surface area contributed by atoms with Gasteiger partial charge in [0.2, 0.25) is 11.8 Å². The van der Waals surface area contributed by atoms with Gasteiger partial charge in [-0.3, -0.25) is 26.3 Å². The van der Waals surface area contributed by atoms with Gasteiger partial charge in [-0.25, -0.2) is 0 Å². The SMILES string of the molecule is CS(=O)(=O)OCCC(=O)N1CCN(C(=O)CCOS(C)(=O)=O)CC1.CS(=O)(=O)OCCCNCCCOS(C)(=O)=O. The summed E-state index contributed by atoms with van der Waals surface area (Å²) in [5, 5.41) is 3.01. The Bertz CT molecular complexity index is 1130. The van der Waals surface area contributed by atoms with Crippen LogP contribution < -0.4 is 5.32 Å². The Morgan fingerprint density at radius 2 is 0.805 bits per heavy atom. The molecule has 1 fully saturated rings. The maximum Gasteiger partial charge on any atom is 0.264 e. The molecular weight excluding hydrogens is 634 g/mol. The zero-order valence-electron chi connectivity index (χ0n) is 23.6. The van der Waals surface area contributed by atoms with Crippen LogP contribution in [0, 0.1) is 0 Å². The van der Waals surface area contributed by atoms with Crippen LogP contribution in [0.2, 0.25) is 0 Å². The fraction of sp³-hybridized carbons (Fsp3) is 0.900. The zero-order valence-corrected chi connectivity index (χ0v) is 26.9. The van der Waals surface area contributed by atoms with Crippen LogP contribution in [0.5, 0.6) is 0 Å². The van der Waals surface area contributed by atoms with E-state index in [1.165, 1.54) is 9.80 Å². The van der Waals surface area contributed by atoms with Gasteiger partial charge in [0.25, 0.3) is 40.5 Å². The summed E-state index contributed by atoms with van der Waals surface area (Å²) in [7, 11) is -13.8. The second-order valence-electron chi connectivity index (χ2n) is 8.82. The first-order valence-electron chi connectivity index (χ1n) is 12.3. The zero-order chi connectivity index (χ0) is 31.7. The molecule has 2 amide bonds. The number of carbonyl (C=O) groups excluding carboxylic acids is 2. The van der Waals surface area contributed by atoms with E-state index in [9.17, 15) is 43.3 Å². The first kappa shape index (κ1) is 39.5. The Kier molecular flexibility index (Phi) is 18.3. The molecular formula is C20H41N3O14S4. The molecule has 1 heterocycles. The molecule has 0 aromatic rings. The normalized spacial score (nSPS) is 14.8. The lowest BCUT2D eigenvalue weighted by Gasteiger charge is -2.34. The molecule has 21 heteroatoms. The summed E-state index contributed by atoms with van der Waals surface area (Å²) in [5.41, 5.74) is 0. The van der Waals surface area contributed by atoms with Crippen LogP contribution in [0.25, 0.3) is 0 Å². The summed E-state index contributed by atoms with van der Waals surface area (Å²) in [6.45, 7) is 2.40. The van der Waals surface area contributed by atoms with E-state index in [0.717, 1.165) is 25.0 Å². The van der Waals surface area contributed by atoms with Crippen LogP contribution in [0.3, 0.4) is 0 Å². The predicted molar refractivity (Wildman–Crippen MR) is 148 cm³/mol. The monoisotopic (exact) mass is 675 g/mol. The van der Waals surface area contributed by atoms with Gasteiger partial charge in [0.1, 0.15) is 0 Å². The van der Waals surface area contributed by atoms with Crippen molar-refractivity contribution in [3.8, 4) is 0 Å². The molecule has 244 valence electrons. The quantitative estimate of drug-likeness (QED) is 0.119. The lowest BCUT2D eigenvalue weighted by atomic mass is 10.2. The Hall–Kier alpha value is -1.46. The minimum Gasteiger partial charge on any atom is -0.339 e. The van der Waals surface area contributed by atoms with Gasteiger partial charge in [0.05, 0.1) is 64.3 Å². The second kappa shape index (κ2) is 18.9. The maximum absolute atomic E-state index is 11.9. The number of carbonyl (C=O) groups is 2. The molecule has 1 saturated heterocycles. The van der Waals surface area contributed by atoms with Crippen LogP contribution in [0.15, 0.2) is 0 Å². The third-order valence-corrected chi connectivity index (χ3v) is 7.18. The Labute approximate surface area is 243 Å². The van der Waals surface area contributed by atoms with Gasteiger partial charge in [-0.2, -0.15) is 33.7 Å². The minimum absolute atomic E-state index is 0.0524. The molecule has 0 spiro atoms. The molecule has 0 aliphatic carbocycles. The molecule has 0 saturated carbocycles. The Balaban J connectivity index is 0.000000831. The van der Waals surface area contributed by atoms with E-state index in [0.29, 0.717) is 52.1 Å². The molecule has 41 heavy (non-hydrogen) atoms. The van der Waals surface area contributed by atoms with Crippen molar-refractivity contribution in [3.63, 3.8) is 0 Å². The molecule has 0 bridgehead atoms.